The van der Waals surface area contributed by atoms with Gasteiger partial charge < -0.3 is 14.8 Å². The zero-order chi connectivity index (χ0) is 15.4. The van der Waals surface area contributed by atoms with Crippen LogP contribution < -0.4 is 14.8 Å². The molecule has 5 heteroatoms. The van der Waals surface area contributed by atoms with Gasteiger partial charge >= 0.3 is 0 Å². The van der Waals surface area contributed by atoms with Crippen LogP contribution in [-0.2, 0) is 0 Å². The van der Waals surface area contributed by atoms with Gasteiger partial charge in [-0.05, 0) is 47.1 Å². The van der Waals surface area contributed by atoms with Crippen molar-refractivity contribution in [3.05, 3.63) is 52.3 Å². The number of ether oxygens (including phenoxy) is 2. The van der Waals surface area contributed by atoms with Gasteiger partial charge in [0.1, 0.15) is 17.3 Å². The fourth-order valence-corrected chi connectivity index (χ4v) is 2.52. The Morgan fingerprint density at radius 2 is 1.90 bits per heavy atom. The zero-order valence-electron chi connectivity index (χ0n) is 12.1. The van der Waals surface area contributed by atoms with Crippen molar-refractivity contribution in [3.8, 4) is 11.5 Å². The van der Waals surface area contributed by atoms with Crippen molar-refractivity contribution in [3.63, 3.8) is 0 Å². The molecule has 0 aliphatic heterocycles. The molecule has 2 aromatic rings. The van der Waals surface area contributed by atoms with Crippen molar-refractivity contribution in [2.24, 2.45) is 0 Å². The van der Waals surface area contributed by atoms with E-state index in [1.807, 2.05) is 25.1 Å². The Morgan fingerprint density at radius 3 is 2.57 bits per heavy atom. The molecule has 0 fully saturated rings. The molecule has 0 saturated carbocycles. The summed E-state index contributed by atoms with van der Waals surface area (Å²) < 4.78 is 25.4. The summed E-state index contributed by atoms with van der Waals surface area (Å²) in [7, 11) is 3.14. The SMILES string of the molecule is COc1ccc(Br)c(NC(C)c2c(F)cccc2OC)c1. The predicted octanol–water partition coefficient (Wildman–Crippen LogP) is 4.78. The molecule has 0 saturated heterocycles. The molecule has 1 unspecified atom stereocenters. The van der Waals surface area contributed by atoms with Gasteiger partial charge in [-0.25, -0.2) is 4.39 Å². The third-order valence-electron chi connectivity index (χ3n) is 3.21. The molecule has 1 atom stereocenters. The molecule has 2 rings (SSSR count). The van der Waals surface area contributed by atoms with Crippen LogP contribution in [0.5, 0.6) is 11.5 Å². The van der Waals surface area contributed by atoms with Crippen LogP contribution in [0.25, 0.3) is 0 Å². The monoisotopic (exact) mass is 353 g/mol. The highest BCUT2D eigenvalue weighted by atomic mass is 79.9. The quantitative estimate of drug-likeness (QED) is 0.838. The number of halogens is 2. The molecule has 112 valence electrons. The standard InChI is InChI=1S/C16H17BrFNO2/c1-10(16-13(18)5-4-6-15(16)21-3)19-14-9-11(20-2)7-8-12(14)17/h4-10,19H,1-3H3. The van der Waals surface area contributed by atoms with Crippen molar-refractivity contribution in [2.45, 2.75) is 13.0 Å². The molecule has 0 aliphatic carbocycles. The van der Waals surface area contributed by atoms with E-state index in [1.54, 1.807) is 19.2 Å². The maximum Gasteiger partial charge on any atom is 0.132 e. The van der Waals surface area contributed by atoms with Crippen LogP contribution in [-0.4, -0.2) is 14.2 Å². The van der Waals surface area contributed by atoms with E-state index < -0.39 is 0 Å². The first-order valence-electron chi connectivity index (χ1n) is 6.49. The molecule has 3 nitrogen and oxygen atoms in total. The summed E-state index contributed by atoms with van der Waals surface area (Å²) in [5.41, 5.74) is 1.32. The Morgan fingerprint density at radius 1 is 1.14 bits per heavy atom. The van der Waals surface area contributed by atoms with Crippen LogP contribution in [0.3, 0.4) is 0 Å². The highest BCUT2D eigenvalue weighted by molar-refractivity contribution is 9.10. The minimum atomic E-state index is -0.298. The van der Waals surface area contributed by atoms with Gasteiger partial charge in [0.15, 0.2) is 0 Å². The van der Waals surface area contributed by atoms with Gasteiger partial charge in [0.2, 0.25) is 0 Å². The minimum absolute atomic E-state index is 0.260. The summed E-state index contributed by atoms with van der Waals surface area (Å²) in [6.45, 7) is 1.88. The van der Waals surface area contributed by atoms with Crippen molar-refractivity contribution in [1.29, 1.82) is 0 Å². The Balaban J connectivity index is 2.32. The number of anilines is 1. The number of benzene rings is 2. The summed E-state index contributed by atoms with van der Waals surface area (Å²) in [4.78, 5) is 0. The van der Waals surface area contributed by atoms with E-state index in [0.717, 1.165) is 15.9 Å². The van der Waals surface area contributed by atoms with Crippen molar-refractivity contribution in [2.75, 3.05) is 19.5 Å². The molecule has 0 bridgehead atoms. The molecule has 0 aromatic heterocycles. The summed E-state index contributed by atoms with van der Waals surface area (Å²) >= 11 is 3.47. The van der Waals surface area contributed by atoms with Crippen molar-refractivity contribution < 1.29 is 13.9 Å². The molecule has 0 radical (unpaired) electrons. The fraction of sp³-hybridized carbons (Fsp3) is 0.250. The van der Waals surface area contributed by atoms with Gasteiger partial charge in [-0.3, -0.25) is 0 Å². The van der Waals surface area contributed by atoms with E-state index in [4.69, 9.17) is 9.47 Å². The lowest BCUT2D eigenvalue weighted by atomic mass is 10.1. The number of hydrogen-bond acceptors (Lipinski definition) is 3. The van der Waals surface area contributed by atoms with Gasteiger partial charge in [0.05, 0.1) is 31.5 Å². The lowest BCUT2D eigenvalue weighted by molar-refractivity contribution is 0.402. The molecule has 0 amide bonds. The van der Waals surface area contributed by atoms with Crippen molar-refractivity contribution >= 4 is 21.6 Å². The van der Waals surface area contributed by atoms with Gasteiger partial charge in [-0.2, -0.15) is 0 Å². The van der Waals surface area contributed by atoms with Crippen LogP contribution in [0.4, 0.5) is 10.1 Å². The van der Waals surface area contributed by atoms with Crippen LogP contribution in [0.15, 0.2) is 40.9 Å². The van der Waals surface area contributed by atoms with Gasteiger partial charge in [-0.15, -0.1) is 0 Å². The van der Waals surface area contributed by atoms with Gasteiger partial charge in [0.25, 0.3) is 0 Å². The molecule has 21 heavy (non-hydrogen) atoms. The van der Waals surface area contributed by atoms with Crippen LogP contribution in [0.1, 0.15) is 18.5 Å². The second-order valence-corrected chi connectivity index (χ2v) is 5.42. The van der Waals surface area contributed by atoms with Crippen molar-refractivity contribution in [1.82, 2.24) is 0 Å². The Kier molecular flexibility index (Phi) is 5.07. The van der Waals surface area contributed by atoms with E-state index in [1.165, 1.54) is 13.2 Å². The van der Waals surface area contributed by atoms with E-state index in [0.29, 0.717) is 11.3 Å². The molecule has 2 aromatic carbocycles. The number of hydrogen-bond donors (Lipinski definition) is 1. The Hall–Kier alpha value is -1.75. The molecule has 1 N–H and O–H groups in total. The number of methoxy groups -OCH3 is 2. The lowest BCUT2D eigenvalue weighted by Gasteiger charge is -2.20. The first-order valence-corrected chi connectivity index (χ1v) is 7.28. The number of rotatable bonds is 5. The third-order valence-corrected chi connectivity index (χ3v) is 3.90. The smallest absolute Gasteiger partial charge is 0.132 e. The molecular formula is C16H17BrFNO2. The normalized spacial score (nSPS) is 11.9. The maximum absolute atomic E-state index is 14.1. The highest BCUT2D eigenvalue weighted by Crippen LogP contribution is 2.34. The maximum atomic E-state index is 14.1. The molecule has 0 spiro atoms. The number of nitrogens with one attached hydrogen (secondary N) is 1. The Labute approximate surface area is 132 Å². The van der Waals surface area contributed by atoms with Gasteiger partial charge in [-0.1, -0.05) is 6.07 Å². The lowest BCUT2D eigenvalue weighted by Crippen LogP contribution is -2.10. The third kappa shape index (κ3) is 3.47. The van der Waals surface area contributed by atoms with E-state index >= 15 is 0 Å². The topological polar surface area (TPSA) is 30.5 Å². The van der Waals surface area contributed by atoms with E-state index in [2.05, 4.69) is 21.2 Å². The summed E-state index contributed by atoms with van der Waals surface area (Å²) in [6, 6.07) is 10.1. The van der Waals surface area contributed by atoms with Crippen LogP contribution >= 0.6 is 15.9 Å². The summed E-state index contributed by atoms with van der Waals surface area (Å²) in [6.07, 6.45) is 0. The van der Waals surface area contributed by atoms with Crippen LogP contribution in [0.2, 0.25) is 0 Å². The first-order chi connectivity index (χ1) is 10.1. The largest absolute Gasteiger partial charge is 0.497 e. The molecule has 0 heterocycles. The van der Waals surface area contributed by atoms with E-state index in [-0.39, 0.29) is 11.9 Å². The Bertz CT molecular complexity index is 634. The average Bonchev–Trinajstić information content (AvgIpc) is 2.48. The second kappa shape index (κ2) is 6.80. The fourth-order valence-electron chi connectivity index (χ4n) is 2.16. The first kappa shape index (κ1) is 15.6. The van der Waals surface area contributed by atoms with Gasteiger partial charge in [0, 0.05) is 10.5 Å². The molecule has 0 aliphatic rings. The summed E-state index contributed by atoms with van der Waals surface area (Å²) in [5.74, 6) is 0.954. The second-order valence-electron chi connectivity index (χ2n) is 4.57. The highest BCUT2D eigenvalue weighted by Gasteiger charge is 2.17. The zero-order valence-corrected chi connectivity index (χ0v) is 13.7. The van der Waals surface area contributed by atoms with Crippen LogP contribution in [0, 0.1) is 5.82 Å². The molecular weight excluding hydrogens is 337 g/mol. The minimum Gasteiger partial charge on any atom is -0.497 e. The summed E-state index contributed by atoms with van der Waals surface area (Å²) in [5, 5.41) is 3.27. The van der Waals surface area contributed by atoms with E-state index in [9.17, 15) is 4.39 Å². The average molecular weight is 354 g/mol. The predicted molar refractivity (Wildman–Crippen MR) is 85.7 cm³/mol.